The van der Waals surface area contributed by atoms with Crippen molar-refractivity contribution in [1.82, 2.24) is 0 Å². The van der Waals surface area contributed by atoms with Gasteiger partial charge in [-0.05, 0) is 0 Å². The average molecular weight is 341 g/mol. The van der Waals surface area contributed by atoms with Crippen LogP contribution in [-0.2, 0) is 34.5 Å². The Morgan fingerprint density at radius 2 is 1.38 bits per heavy atom. The fourth-order valence-electron chi connectivity index (χ4n) is 0.0747. The van der Waals surface area contributed by atoms with E-state index in [1.807, 2.05) is 0 Å². The number of hydrogen-bond donors (Lipinski definition) is 2. The molecule has 2 N–H and O–H groups in total. The summed E-state index contributed by atoms with van der Waals surface area (Å²) in [7, 11) is -6.40. The predicted octanol–water partition coefficient (Wildman–Crippen LogP) is -0.236. The molecule has 2 unspecified atom stereocenters. The molecule has 0 amide bonds. The van der Waals surface area contributed by atoms with Gasteiger partial charge in [-0.2, -0.15) is 0 Å². The van der Waals surface area contributed by atoms with Crippen molar-refractivity contribution >= 4 is 16.5 Å². The summed E-state index contributed by atoms with van der Waals surface area (Å²) in [5.41, 5.74) is 0. The molecule has 0 spiro atoms. The summed E-state index contributed by atoms with van der Waals surface area (Å²) in [6.45, 7) is 0. The molecule has 0 aromatic rings. The summed E-state index contributed by atoms with van der Waals surface area (Å²) < 4.78 is 22.3. The Labute approximate surface area is 61.2 Å². The molecule has 0 heterocycles. The van der Waals surface area contributed by atoms with Gasteiger partial charge in [0.2, 0.25) is 0 Å². The van der Waals surface area contributed by atoms with E-state index in [-0.39, 0.29) is 21.1 Å². The van der Waals surface area contributed by atoms with Crippen molar-refractivity contribution in [3.8, 4) is 0 Å². The third-order valence-corrected chi connectivity index (χ3v) is 1.57. The molecule has 0 saturated heterocycles. The normalized spacial score (nSPS) is 16.2. The first-order valence-corrected chi connectivity index (χ1v) is 3.79. The molecule has 54 valence electrons. The third kappa shape index (κ3) is 10.1. The van der Waals surface area contributed by atoms with Crippen LogP contribution in [0.25, 0.3) is 0 Å². The van der Waals surface area contributed by atoms with E-state index < -0.39 is 16.5 Å². The van der Waals surface area contributed by atoms with Crippen LogP contribution in [0.5, 0.6) is 0 Å². The first kappa shape index (κ1) is 11.8. The molecular weight excluding hydrogens is 337 g/mol. The van der Waals surface area contributed by atoms with Crippen LogP contribution in [-0.4, -0.2) is 9.79 Å². The van der Waals surface area contributed by atoms with Gasteiger partial charge in [-0.25, -0.2) is 4.31 Å². The van der Waals surface area contributed by atoms with Crippen molar-refractivity contribution in [2.45, 2.75) is 0 Å². The second-order valence-electron chi connectivity index (χ2n) is 0.634. The predicted molar refractivity (Wildman–Crippen MR) is 23.5 cm³/mol. The zero-order valence-electron chi connectivity index (χ0n) is 3.44. The van der Waals surface area contributed by atoms with Crippen molar-refractivity contribution in [2.75, 3.05) is 0 Å². The van der Waals surface area contributed by atoms with Gasteiger partial charge >= 0.3 is 16.5 Å². The van der Waals surface area contributed by atoms with Gasteiger partial charge in [0.25, 0.3) is 0 Å². The first-order chi connectivity index (χ1) is 3.13. The SMILES string of the molecule is O=[PH](O)O[PH](=O)O.[Pt]. The molecule has 0 aromatic heterocycles. The molecule has 2 atom stereocenters. The van der Waals surface area contributed by atoms with E-state index in [4.69, 9.17) is 9.79 Å². The Balaban J connectivity index is 0. The van der Waals surface area contributed by atoms with Gasteiger partial charge in [0.15, 0.2) is 0 Å². The minimum Gasteiger partial charge on any atom is -0.326 e. The van der Waals surface area contributed by atoms with E-state index in [0.29, 0.717) is 0 Å². The Kier molecular flexibility index (Phi) is 9.06. The summed E-state index contributed by atoms with van der Waals surface area (Å²) in [5.74, 6) is 0. The molecule has 0 radical (unpaired) electrons. The molecule has 8 heteroatoms. The number of rotatable bonds is 2. The van der Waals surface area contributed by atoms with Crippen molar-refractivity contribution in [3.05, 3.63) is 0 Å². The van der Waals surface area contributed by atoms with Gasteiger partial charge in [0.1, 0.15) is 0 Å². The number of hydrogen-bond acceptors (Lipinski definition) is 3. The Morgan fingerprint density at radius 3 is 1.38 bits per heavy atom. The van der Waals surface area contributed by atoms with Gasteiger partial charge in [-0.1, -0.05) is 0 Å². The van der Waals surface area contributed by atoms with Crippen molar-refractivity contribution in [1.29, 1.82) is 0 Å². The van der Waals surface area contributed by atoms with Crippen molar-refractivity contribution < 1.29 is 44.3 Å². The zero-order chi connectivity index (χ0) is 5.86. The molecule has 0 rings (SSSR count). The van der Waals surface area contributed by atoms with Crippen LogP contribution in [0.4, 0.5) is 0 Å². The Bertz CT molecular complexity index is 86.6. The van der Waals surface area contributed by atoms with Crippen LogP contribution < -0.4 is 0 Å². The minimum absolute atomic E-state index is 0. The van der Waals surface area contributed by atoms with Crippen LogP contribution in [0.2, 0.25) is 0 Å². The van der Waals surface area contributed by atoms with E-state index in [1.165, 1.54) is 0 Å². The van der Waals surface area contributed by atoms with Crippen LogP contribution in [0.3, 0.4) is 0 Å². The maximum atomic E-state index is 9.44. The van der Waals surface area contributed by atoms with Gasteiger partial charge in [0, 0.05) is 21.1 Å². The minimum atomic E-state index is -3.20. The molecule has 8 heavy (non-hydrogen) atoms. The van der Waals surface area contributed by atoms with Gasteiger partial charge < -0.3 is 9.79 Å². The zero-order valence-corrected chi connectivity index (χ0v) is 7.71. The summed E-state index contributed by atoms with van der Waals surface area (Å²) in [4.78, 5) is 15.4. The maximum absolute atomic E-state index is 9.44. The monoisotopic (exact) mass is 341 g/mol. The first-order valence-electron chi connectivity index (χ1n) is 1.26. The van der Waals surface area contributed by atoms with Gasteiger partial charge in [0.05, 0.1) is 0 Å². The van der Waals surface area contributed by atoms with Crippen LogP contribution >= 0.6 is 16.5 Å². The molecular formula is H4O5P2Pt. The van der Waals surface area contributed by atoms with Crippen molar-refractivity contribution in [2.24, 2.45) is 0 Å². The van der Waals surface area contributed by atoms with E-state index in [0.717, 1.165) is 0 Å². The quantitative estimate of drug-likeness (QED) is 0.678. The maximum Gasteiger partial charge on any atom is 0.323 e. The Morgan fingerprint density at radius 1 is 1.12 bits per heavy atom. The summed E-state index contributed by atoms with van der Waals surface area (Å²) in [6, 6.07) is 0. The largest absolute Gasteiger partial charge is 0.326 e. The summed E-state index contributed by atoms with van der Waals surface area (Å²) in [6.07, 6.45) is 0. The Hall–Kier alpha value is 1.03. The standard InChI is InChI=1S/H4O5P2.Pt/c1-6(2)5-7(3)4;/h6-7H,(H,1,2)(H,3,4);. The molecule has 0 fully saturated rings. The fraction of sp³-hybridized carbons (Fsp3) is 0. The second-order valence-corrected chi connectivity index (χ2v) is 2.51. The van der Waals surface area contributed by atoms with Crippen molar-refractivity contribution in [3.63, 3.8) is 0 Å². The van der Waals surface area contributed by atoms with E-state index in [1.54, 1.807) is 0 Å². The molecule has 5 nitrogen and oxygen atoms in total. The molecule has 0 bridgehead atoms. The van der Waals surface area contributed by atoms with E-state index in [2.05, 4.69) is 4.31 Å². The van der Waals surface area contributed by atoms with E-state index in [9.17, 15) is 9.13 Å². The molecule has 0 aliphatic carbocycles. The third-order valence-electron chi connectivity index (χ3n) is 0.175. The molecule has 0 aliphatic heterocycles. The van der Waals surface area contributed by atoms with E-state index >= 15 is 0 Å². The fourth-order valence-corrected chi connectivity index (χ4v) is 0.672. The van der Waals surface area contributed by atoms with Gasteiger partial charge in [-0.3, -0.25) is 9.13 Å². The average Bonchev–Trinajstić information content (AvgIpc) is 1.27. The molecule has 0 saturated carbocycles. The van der Waals surface area contributed by atoms with Crippen LogP contribution in [0.15, 0.2) is 0 Å². The topological polar surface area (TPSA) is 83.8 Å². The van der Waals surface area contributed by atoms with Gasteiger partial charge in [-0.15, -0.1) is 0 Å². The molecule has 0 aliphatic rings. The summed E-state index contributed by atoms with van der Waals surface area (Å²) >= 11 is 0. The van der Waals surface area contributed by atoms with Crippen LogP contribution in [0, 0.1) is 0 Å². The second kappa shape index (κ2) is 6.15. The molecule has 0 aromatic carbocycles. The summed E-state index contributed by atoms with van der Waals surface area (Å²) in [5, 5.41) is 0. The smallest absolute Gasteiger partial charge is 0.323 e. The van der Waals surface area contributed by atoms with Crippen LogP contribution in [0.1, 0.15) is 0 Å².